The number of likely N-dealkylation sites (tertiary alicyclic amines) is 1. The number of methoxy groups -OCH3 is 1. The highest BCUT2D eigenvalue weighted by Crippen LogP contribution is 2.38. The Labute approximate surface area is 171 Å². The first-order valence-electron chi connectivity index (χ1n) is 9.58. The summed E-state index contributed by atoms with van der Waals surface area (Å²) in [6.45, 7) is 2.95. The molecule has 0 saturated carbocycles. The van der Waals surface area contributed by atoms with Gasteiger partial charge in [0, 0.05) is 18.7 Å². The van der Waals surface area contributed by atoms with Crippen LogP contribution in [0, 0.1) is 12.8 Å². The molecule has 0 radical (unpaired) electrons. The standard InChI is InChI=1S/C23H26N2O4/c1-15-5-7-16(8-6-15)20-19(21(26)17-9-11-18(29-4)12-10-17)22(27)23(28)25(20)14-13-24(2)3/h5-12,19-20H,13-14H2,1-4H3. The lowest BCUT2D eigenvalue weighted by atomic mass is 9.86. The maximum atomic E-state index is 13.3. The van der Waals surface area contributed by atoms with Gasteiger partial charge in [-0.05, 0) is 50.8 Å². The molecule has 0 bridgehead atoms. The summed E-state index contributed by atoms with van der Waals surface area (Å²) in [5.41, 5.74) is 2.26. The number of ketones is 2. The van der Waals surface area contributed by atoms with Crippen LogP contribution < -0.4 is 4.74 Å². The molecule has 2 unspecified atom stereocenters. The molecular weight excluding hydrogens is 368 g/mol. The van der Waals surface area contributed by atoms with Crippen LogP contribution in [0.4, 0.5) is 0 Å². The number of nitrogens with zero attached hydrogens (tertiary/aromatic N) is 2. The van der Waals surface area contributed by atoms with Gasteiger partial charge in [0.1, 0.15) is 11.7 Å². The normalized spacial score (nSPS) is 19.1. The van der Waals surface area contributed by atoms with Gasteiger partial charge in [0.2, 0.25) is 5.78 Å². The Morgan fingerprint density at radius 2 is 1.66 bits per heavy atom. The van der Waals surface area contributed by atoms with Gasteiger partial charge in [-0.2, -0.15) is 0 Å². The molecule has 0 aromatic heterocycles. The molecule has 6 nitrogen and oxygen atoms in total. The summed E-state index contributed by atoms with van der Waals surface area (Å²) in [7, 11) is 5.36. The minimum atomic E-state index is -1.05. The SMILES string of the molecule is COc1ccc(C(=O)C2C(=O)C(=O)N(CCN(C)C)C2c2ccc(C)cc2)cc1. The maximum absolute atomic E-state index is 13.3. The van der Waals surface area contributed by atoms with Gasteiger partial charge in [-0.25, -0.2) is 0 Å². The Hall–Kier alpha value is -2.99. The molecule has 2 aromatic carbocycles. The maximum Gasteiger partial charge on any atom is 0.291 e. The number of rotatable bonds is 7. The van der Waals surface area contributed by atoms with E-state index in [0.717, 1.165) is 11.1 Å². The summed E-state index contributed by atoms with van der Waals surface area (Å²) in [5.74, 6) is -2.01. The van der Waals surface area contributed by atoms with Gasteiger partial charge in [-0.3, -0.25) is 14.4 Å². The molecule has 29 heavy (non-hydrogen) atoms. The van der Waals surface area contributed by atoms with Crippen LogP contribution in [-0.2, 0) is 9.59 Å². The van der Waals surface area contributed by atoms with Crippen molar-refractivity contribution in [2.24, 2.45) is 5.92 Å². The Morgan fingerprint density at radius 1 is 1.03 bits per heavy atom. The number of carbonyl (C=O) groups is 3. The van der Waals surface area contributed by atoms with Crippen LogP contribution in [0.1, 0.15) is 27.5 Å². The van der Waals surface area contributed by atoms with Crippen molar-refractivity contribution in [2.75, 3.05) is 34.3 Å². The lowest BCUT2D eigenvalue weighted by Crippen LogP contribution is -2.36. The smallest absolute Gasteiger partial charge is 0.291 e. The molecule has 1 fully saturated rings. The van der Waals surface area contributed by atoms with E-state index >= 15 is 0 Å². The monoisotopic (exact) mass is 394 g/mol. The van der Waals surface area contributed by atoms with Gasteiger partial charge in [0.25, 0.3) is 5.91 Å². The van der Waals surface area contributed by atoms with E-state index in [0.29, 0.717) is 24.4 Å². The van der Waals surface area contributed by atoms with E-state index in [1.54, 1.807) is 36.3 Å². The van der Waals surface area contributed by atoms with E-state index in [2.05, 4.69) is 0 Å². The van der Waals surface area contributed by atoms with Gasteiger partial charge >= 0.3 is 0 Å². The lowest BCUT2D eigenvalue weighted by molar-refractivity contribution is -0.140. The first-order chi connectivity index (χ1) is 13.8. The number of carbonyl (C=O) groups excluding carboxylic acids is 3. The molecule has 1 aliphatic rings. The van der Waals surface area contributed by atoms with Crippen molar-refractivity contribution < 1.29 is 19.1 Å². The molecule has 6 heteroatoms. The number of likely N-dealkylation sites (N-methyl/N-ethyl adjacent to an activating group) is 1. The average Bonchev–Trinajstić information content (AvgIpc) is 2.97. The highest BCUT2D eigenvalue weighted by atomic mass is 16.5. The van der Waals surface area contributed by atoms with E-state index < -0.39 is 23.7 Å². The van der Waals surface area contributed by atoms with E-state index in [-0.39, 0.29) is 5.78 Å². The summed E-state index contributed by atoms with van der Waals surface area (Å²) in [6.07, 6.45) is 0. The molecule has 0 spiro atoms. The lowest BCUT2D eigenvalue weighted by Gasteiger charge is -2.28. The van der Waals surface area contributed by atoms with E-state index in [1.807, 2.05) is 50.2 Å². The summed E-state index contributed by atoms with van der Waals surface area (Å²) < 4.78 is 5.14. The topological polar surface area (TPSA) is 66.9 Å². The number of hydrogen-bond acceptors (Lipinski definition) is 5. The minimum absolute atomic E-state index is 0.344. The van der Waals surface area contributed by atoms with Crippen LogP contribution in [0.15, 0.2) is 48.5 Å². The number of hydrogen-bond donors (Lipinski definition) is 0. The zero-order valence-electron chi connectivity index (χ0n) is 17.2. The van der Waals surface area contributed by atoms with Gasteiger partial charge in [0.15, 0.2) is 5.78 Å². The van der Waals surface area contributed by atoms with Crippen LogP contribution in [0.3, 0.4) is 0 Å². The molecular formula is C23H26N2O4. The van der Waals surface area contributed by atoms with Gasteiger partial charge in [0.05, 0.1) is 13.2 Å². The predicted octanol–water partition coefficient (Wildman–Crippen LogP) is 2.52. The molecule has 1 amide bonds. The molecule has 2 aromatic rings. The summed E-state index contributed by atoms with van der Waals surface area (Å²) >= 11 is 0. The third-order valence-corrected chi connectivity index (χ3v) is 5.27. The number of aryl methyl sites for hydroxylation is 1. The zero-order valence-corrected chi connectivity index (χ0v) is 17.2. The largest absolute Gasteiger partial charge is 0.497 e. The average molecular weight is 394 g/mol. The zero-order chi connectivity index (χ0) is 21.1. The fourth-order valence-electron chi connectivity index (χ4n) is 3.61. The second-order valence-corrected chi connectivity index (χ2v) is 7.59. The minimum Gasteiger partial charge on any atom is -0.497 e. The molecule has 1 saturated heterocycles. The van der Waals surface area contributed by atoms with Gasteiger partial charge in [-0.1, -0.05) is 29.8 Å². The van der Waals surface area contributed by atoms with Crippen molar-refractivity contribution in [3.05, 3.63) is 65.2 Å². The predicted molar refractivity (Wildman–Crippen MR) is 110 cm³/mol. The van der Waals surface area contributed by atoms with Crippen LogP contribution in [0.5, 0.6) is 5.75 Å². The van der Waals surface area contributed by atoms with Gasteiger partial charge < -0.3 is 14.5 Å². The second-order valence-electron chi connectivity index (χ2n) is 7.59. The Bertz CT molecular complexity index is 903. The first kappa shape index (κ1) is 20.7. The number of ether oxygens (including phenoxy) is 1. The van der Waals surface area contributed by atoms with Crippen molar-refractivity contribution in [1.82, 2.24) is 9.80 Å². The number of amides is 1. The van der Waals surface area contributed by atoms with Crippen LogP contribution in [0.25, 0.3) is 0 Å². The second kappa shape index (κ2) is 8.57. The van der Waals surface area contributed by atoms with Crippen molar-refractivity contribution in [3.63, 3.8) is 0 Å². The van der Waals surface area contributed by atoms with E-state index in [9.17, 15) is 14.4 Å². The van der Waals surface area contributed by atoms with Crippen molar-refractivity contribution in [2.45, 2.75) is 13.0 Å². The quantitative estimate of drug-likeness (QED) is 0.410. The Balaban J connectivity index is 2.01. The summed E-state index contributed by atoms with van der Waals surface area (Å²) in [5, 5.41) is 0. The molecule has 1 aliphatic heterocycles. The molecule has 152 valence electrons. The van der Waals surface area contributed by atoms with Crippen LogP contribution >= 0.6 is 0 Å². The van der Waals surface area contributed by atoms with Crippen molar-refractivity contribution in [1.29, 1.82) is 0 Å². The van der Waals surface area contributed by atoms with Crippen molar-refractivity contribution >= 4 is 17.5 Å². The Morgan fingerprint density at radius 3 is 2.21 bits per heavy atom. The third kappa shape index (κ3) is 4.22. The fourth-order valence-corrected chi connectivity index (χ4v) is 3.61. The summed E-state index contributed by atoms with van der Waals surface area (Å²) in [6, 6.07) is 13.7. The summed E-state index contributed by atoms with van der Waals surface area (Å²) in [4.78, 5) is 42.5. The van der Waals surface area contributed by atoms with Gasteiger partial charge in [-0.15, -0.1) is 0 Å². The van der Waals surface area contributed by atoms with Crippen LogP contribution in [-0.4, -0.2) is 61.6 Å². The van der Waals surface area contributed by atoms with Crippen molar-refractivity contribution in [3.8, 4) is 5.75 Å². The molecule has 3 rings (SSSR count). The number of benzene rings is 2. The fraction of sp³-hybridized carbons (Fsp3) is 0.348. The molecule has 2 atom stereocenters. The van der Waals surface area contributed by atoms with E-state index in [4.69, 9.17) is 4.74 Å². The number of Topliss-reactive ketones (excluding diaryl/α,β-unsaturated/α-hetero) is 2. The molecule has 0 aliphatic carbocycles. The molecule has 1 heterocycles. The Kier molecular flexibility index (Phi) is 6.13. The van der Waals surface area contributed by atoms with E-state index in [1.165, 1.54) is 0 Å². The molecule has 0 N–H and O–H groups in total. The third-order valence-electron chi connectivity index (χ3n) is 5.27. The first-order valence-corrected chi connectivity index (χ1v) is 9.58. The highest BCUT2D eigenvalue weighted by Gasteiger charge is 2.51. The highest BCUT2D eigenvalue weighted by molar-refractivity contribution is 6.44. The van der Waals surface area contributed by atoms with Crippen LogP contribution in [0.2, 0.25) is 0 Å².